The third-order valence-electron chi connectivity index (χ3n) is 3.76. The molecule has 1 atom stereocenters. The SMILES string of the molecule is CCOC(c1noc(CC2CCNCC2)n1)C(C)(C)C. The van der Waals surface area contributed by atoms with Gasteiger partial charge in [-0.2, -0.15) is 4.98 Å². The molecular weight excluding hydrogens is 254 g/mol. The van der Waals surface area contributed by atoms with Crippen molar-refractivity contribution < 1.29 is 9.26 Å². The van der Waals surface area contributed by atoms with Gasteiger partial charge >= 0.3 is 0 Å². The fourth-order valence-electron chi connectivity index (χ4n) is 2.67. The first kappa shape index (κ1) is 15.4. The molecule has 1 unspecified atom stereocenters. The minimum atomic E-state index is -0.113. The Bertz CT molecular complexity index is 405. The molecule has 1 fully saturated rings. The van der Waals surface area contributed by atoms with Crippen molar-refractivity contribution in [3.8, 4) is 0 Å². The number of hydrogen-bond acceptors (Lipinski definition) is 5. The van der Waals surface area contributed by atoms with E-state index in [0.717, 1.165) is 25.4 Å². The van der Waals surface area contributed by atoms with Crippen LogP contribution in [0.15, 0.2) is 4.52 Å². The van der Waals surface area contributed by atoms with Gasteiger partial charge in [-0.1, -0.05) is 25.9 Å². The zero-order valence-corrected chi connectivity index (χ0v) is 13.1. The predicted molar refractivity (Wildman–Crippen MR) is 77.4 cm³/mol. The van der Waals surface area contributed by atoms with Crippen LogP contribution in [0.25, 0.3) is 0 Å². The first-order valence-corrected chi connectivity index (χ1v) is 7.65. The second kappa shape index (κ2) is 6.68. The maximum atomic E-state index is 5.80. The van der Waals surface area contributed by atoms with E-state index in [4.69, 9.17) is 9.26 Å². The molecule has 0 radical (unpaired) electrons. The molecule has 2 heterocycles. The molecule has 1 aromatic heterocycles. The number of rotatable bonds is 5. The number of nitrogens with zero attached hydrogens (tertiary/aromatic N) is 2. The smallest absolute Gasteiger partial charge is 0.227 e. The van der Waals surface area contributed by atoms with Crippen molar-refractivity contribution in [1.29, 1.82) is 0 Å². The summed E-state index contributed by atoms with van der Waals surface area (Å²) in [6.07, 6.45) is 3.15. The van der Waals surface area contributed by atoms with Crippen LogP contribution in [0.3, 0.4) is 0 Å². The minimum absolute atomic E-state index is 0.0358. The molecule has 1 aromatic rings. The second-order valence-corrected chi connectivity index (χ2v) is 6.65. The second-order valence-electron chi connectivity index (χ2n) is 6.65. The Labute approximate surface area is 121 Å². The van der Waals surface area contributed by atoms with E-state index in [1.807, 2.05) is 6.92 Å². The quantitative estimate of drug-likeness (QED) is 0.899. The molecule has 5 heteroatoms. The van der Waals surface area contributed by atoms with Gasteiger partial charge in [-0.05, 0) is 44.2 Å². The summed E-state index contributed by atoms with van der Waals surface area (Å²) in [6.45, 7) is 11.2. The standard InChI is InChI=1S/C15H27N3O2/c1-5-19-13(15(2,3)4)14-17-12(20-18-14)10-11-6-8-16-9-7-11/h11,13,16H,5-10H2,1-4H3. The third kappa shape index (κ3) is 4.03. The van der Waals surface area contributed by atoms with Crippen LogP contribution in [-0.2, 0) is 11.2 Å². The van der Waals surface area contributed by atoms with Crippen LogP contribution in [0.5, 0.6) is 0 Å². The van der Waals surface area contributed by atoms with Gasteiger partial charge in [-0.25, -0.2) is 0 Å². The van der Waals surface area contributed by atoms with Gasteiger partial charge in [-0.15, -0.1) is 0 Å². The number of nitrogens with one attached hydrogen (secondary N) is 1. The van der Waals surface area contributed by atoms with Crippen molar-refractivity contribution in [1.82, 2.24) is 15.5 Å². The molecule has 1 saturated heterocycles. The lowest BCUT2D eigenvalue weighted by molar-refractivity contribution is -0.0203. The lowest BCUT2D eigenvalue weighted by Gasteiger charge is -2.27. The van der Waals surface area contributed by atoms with Crippen molar-refractivity contribution in [2.75, 3.05) is 19.7 Å². The summed E-state index contributed by atoms with van der Waals surface area (Å²) >= 11 is 0. The molecular formula is C15H27N3O2. The number of hydrogen-bond donors (Lipinski definition) is 1. The summed E-state index contributed by atoms with van der Waals surface area (Å²) in [5.74, 6) is 2.09. The zero-order chi connectivity index (χ0) is 14.6. The van der Waals surface area contributed by atoms with Crippen LogP contribution >= 0.6 is 0 Å². The molecule has 0 amide bonds. The Morgan fingerprint density at radius 2 is 2.05 bits per heavy atom. The van der Waals surface area contributed by atoms with E-state index < -0.39 is 0 Å². The molecule has 114 valence electrons. The highest BCUT2D eigenvalue weighted by Gasteiger charge is 2.31. The van der Waals surface area contributed by atoms with Crippen LogP contribution in [0.1, 0.15) is 58.4 Å². The molecule has 5 nitrogen and oxygen atoms in total. The maximum absolute atomic E-state index is 5.80. The van der Waals surface area contributed by atoms with Crippen molar-refractivity contribution in [2.45, 2.75) is 53.1 Å². The van der Waals surface area contributed by atoms with Crippen molar-refractivity contribution in [2.24, 2.45) is 11.3 Å². The molecule has 1 aliphatic heterocycles. The highest BCUT2D eigenvalue weighted by atomic mass is 16.5. The van der Waals surface area contributed by atoms with E-state index in [0.29, 0.717) is 18.3 Å². The van der Waals surface area contributed by atoms with Gasteiger partial charge in [-0.3, -0.25) is 0 Å². The van der Waals surface area contributed by atoms with Gasteiger partial charge in [0.2, 0.25) is 11.7 Å². The number of aromatic nitrogens is 2. The van der Waals surface area contributed by atoms with Crippen LogP contribution in [-0.4, -0.2) is 29.8 Å². The van der Waals surface area contributed by atoms with E-state index in [-0.39, 0.29) is 11.5 Å². The van der Waals surface area contributed by atoms with Crippen LogP contribution < -0.4 is 5.32 Å². The van der Waals surface area contributed by atoms with Crippen LogP contribution in [0.4, 0.5) is 0 Å². The van der Waals surface area contributed by atoms with Gasteiger partial charge < -0.3 is 14.6 Å². The maximum Gasteiger partial charge on any atom is 0.227 e. The first-order valence-electron chi connectivity index (χ1n) is 7.65. The highest BCUT2D eigenvalue weighted by molar-refractivity contribution is 4.97. The fourth-order valence-corrected chi connectivity index (χ4v) is 2.67. The molecule has 0 bridgehead atoms. The van der Waals surface area contributed by atoms with Gasteiger partial charge in [0.1, 0.15) is 6.10 Å². The van der Waals surface area contributed by atoms with Gasteiger partial charge in [0.25, 0.3) is 0 Å². The number of ether oxygens (including phenoxy) is 1. The Morgan fingerprint density at radius 3 is 2.65 bits per heavy atom. The normalized spacial score (nSPS) is 19.2. The van der Waals surface area contributed by atoms with Crippen LogP contribution in [0.2, 0.25) is 0 Å². The molecule has 0 aromatic carbocycles. The number of piperidine rings is 1. The predicted octanol–water partition coefficient (Wildman–Crippen LogP) is 2.74. The van der Waals surface area contributed by atoms with Crippen LogP contribution in [0, 0.1) is 11.3 Å². The zero-order valence-electron chi connectivity index (χ0n) is 13.1. The van der Waals surface area contributed by atoms with E-state index in [9.17, 15) is 0 Å². The average Bonchev–Trinajstić information content (AvgIpc) is 2.84. The summed E-state index contributed by atoms with van der Waals surface area (Å²) in [5, 5.41) is 7.51. The summed E-state index contributed by atoms with van der Waals surface area (Å²) < 4.78 is 11.2. The summed E-state index contributed by atoms with van der Waals surface area (Å²) in [6, 6.07) is 0. The largest absolute Gasteiger partial charge is 0.370 e. The van der Waals surface area contributed by atoms with Gasteiger partial charge in [0.15, 0.2) is 0 Å². The molecule has 1 N–H and O–H groups in total. The summed E-state index contributed by atoms with van der Waals surface area (Å²) in [7, 11) is 0. The van der Waals surface area contributed by atoms with Crippen molar-refractivity contribution in [3.05, 3.63) is 11.7 Å². The average molecular weight is 281 g/mol. The Hall–Kier alpha value is -0.940. The van der Waals surface area contributed by atoms with Gasteiger partial charge in [0, 0.05) is 13.0 Å². The monoisotopic (exact) mass is 281 g/mol. The minimum Gasteiger partial charge on any atom is -0.370 e. The lowest BCUT2D eigenvalue weighted by atomic mass is 9.88. The topological polar surface area (TPSA) is 60.2 Å². The third-order valence-corrected chi connectivity index (χ3v) is 3.76. The summed E-state index contributed by atoms with van der Waals surface area (Å²) in [4.78, 5) is 4.57. The highest BCUT2D eigenvalue weighted by Crippen LogP contribution is 2.34. The van der Waals surface area contributed by atoms with E-state index >= 15 is 0 Å². The molecule has 2 rings (SSSR count). The summed E-state index contributed by atoms with van der Waals surface area (Å²) in [5.41, 5.74) is -0.0358. The van der Waals surface area contributed by atoms with Crippen molar-refractivity contribution >= 4 is 0 Å². The Balaban J connectivity index is 2.02. The Morgan fingerprint density at radius 1 is 1.35 bits per heavy atom. The fraction of sp³-hybridized carbons (Fsp3) is 0.867. The van der Waals surface area contributed by atoms with E-state index in [1.54, 1.807) is 0 Å². The van der Waals surface area contributed by atoms with E-state index in [1.165, 1.54) is 12.8 Å². The molecule has 0 spiro atoms. The molecule has 0 saturated carbocycles. The molecule has 20 heavy (non-hydrogen) atoms. The van der Waals surface area contributed by atoms with E-state index in [2.05, 4.69) is 36.2 Å². The lowest BCUT2D eigenvalue weighted by Crippen LogP contribution is -2.28. The Kier molecular flexibility index (Phi) is 5.16. The first-order chi connectivity index (χ1) is 9.50. The molecule has 1 aliphatic rings. The van der Waals surface area contributed by atoms with Crippen molar-refractivity contribution in [3.63, 3.8) is 0 Å². The van der Waals surface area contributed by atoms with Gasteiger partial charge in [0.05, 0.1) is 0 Å². The molecule has 0 aliphatic carbocycles.